The first-order valence-corrected chi connectivity index (χ1v) is 8.08. The van der Waals surface area contributed by atoms with E-state index < -0.39 is 18.5 Å². The summed E-state index contributed by atoms with van der Waals surface area (Å²) in [6.07, 6.45) is 0.252. The van der Waals surface area contributed by atoms with Gasteiger partial charge in [-0.1, -0.05) is 42.5 Å². The Bertz CT molecular complexity index is 808. The highest BCUT2D eigenvalue weighted by molar-refractivity contribution is 5.97. The molecule has 0 saturated heterocycles. The minimum absolute atomic E-state index is 0.0326. The number of benzene rings is 2. The predicted octanol–water partition coefficient (Wildman–Crippen LogP) is 2.90. The van der Waals surface area contributed by atoms with Crippen molar-refractivity contribution in [2.75, 3.05) is 11.9 Å². The minimum atomic E-state index is -0.603. The molecule has 2 aromatic rings. The lowest BCUT2D eigenvalue weighted by Gasteiger charge is -2.07. The van der Waals surface area contributed by atoms with Crippen molar-refractivity contribution in [1.82, 2.24) is 0 Å². The van der Waals surface area contributed by atoms with Gasteiger partial charge in [0.15, 0.2) is 12.4 Å². The van der Waals surface area contributed by atoms with Gasteiger partial charge in [0.2, 0.25) is 0 Å². The van der Waals surface area contributed by atoms with Crippen LogP contribution in [0.3, 0.4) is 0 Å². The molecule has 0 unspecified atom stereocenters. The number of ether oxygens (including phenoxy) is 1. The van der Waals surface area contributed by atoms with Crippen LogP contribution in [0.5, 0.6) is 0 Å². The van der Waals surface area contributed by atoms with Gasteiger partial charge in [-0.3, -0.25) is 14.4 Å². The standard InChI is InChI=1S/C20H18N2O4/c21-13-12-15-6-8-17(9-7-15)22-19(24)14-26-20(25)11-10-18(23)16-4-2-1-3-5-16/h1-9H,10-12,14H2,(H,22,24). The highest BCUT2D eigenvalue weighted by Crippen LogP contribution is 2.10. The fraction of sp³-hybridized carbons (Fsp3) is 0.200. The summed E-state index contributed by atoms with van der Waals surface area (Å²) in [6, 6.07) is 17.5. The van der Waals surface area contributed by atoms with Crippen molar-refractivity contribution in [3.8, 4) is 6.07 Å². The maximum Gasteiger partial charge on any atom is 0.306 e. The third-order valence-electron chi connectivity index (χ3n) is 3.54. The van der Waals surface area contributed by atoms with Crippen molar-refractivity contribution in [3.63, 3.8) is 0 Å². The Morgan fingerprint density at radius 2 is 1.65 bits per heavy atom. The second-order valence-corrected chi connectivity index (χ2v) is 5.53. The summed E-state index contributed by atoms with van der Waals surface area (Å²) in [5.41, 5.74) is 1.94. The molecular formula is C20H18N2O4. The molecule has 2 rings (SSSR count). The lowest BCUT2D eigenvalue weighted by atomic mass is 10.1. The average Bonchev–Trinajstić information content (AvgIpc) is 2.67. The number of nitrogens with one attached hydrogen (secondary N) is 1. The Balaban J connectivity index is 1.70. The second-order valence-electron chi connectivity index (χ2n) is 5.53. The number of carbonyl (C=O) groups excluding carboxylic acids is 3. The van der Waals surface area contributed by atoms with Crippen molar-refractivity contribution in [2.24, 2.45) is 0 Å². The molecule has 132 valence electrons. The Hall–Kier alpha value is -3.46. The van der Waals surface area contributed by atoms with Gasteiger partial charge < -0.3 is 10.1 Å². The molecule has 0 aliphatic rings. The molecule has 1 amide bonds. The Labute approximate surface area is 151 Å². The Kier molecular flexibility index (Phi) is 7.07. The normalized spacial score (nSPS) is 9.81. The van der Waals surface area contributed by atoms with Crippen LogP contribution in [-0.2, 0) is 20.7 Å². The van der Waals surface area contributed by atoms with Crippen LogP contribution in [0, 0.1) is 11.3 Å². The van der Waals surface area contributed by atoms with E-state index in [2.05, 4.69) is 5.32 Å². The van der Waals surface area contributed by atoms with E-state index in [0.29, 0.717) is 17.7 Å². The summed E-state index contributed by atoms with van der Waals surface area (Å²) >= 11 is 0. The van der Waals surface area contributed by atoms with Crippen LogP contribution in [0.4, 0.5) is 5.69 Å². The van der Waals surface area contributed by atoms with Crippen molar-refractivity contribution in [2.45, 2.75) is 19.3 Å². The monoisotopic (exact) mass is 350 g/mol. The van der Waals surface area contributed by atoms with E-state index in [-0.39, 0.29) is 18.6 Å². The molecule has 0 fully saturated rings. The van der Waals surface area contributed by atoms with Gasteiger partial charge >= 0.3 is 5.97 Å². The van der Waals surface area contributed by atoms with E-state index in [1.807, 2.05) is 6.07 Å². The van der Waals surface area contributed by atoms with Gasteiger partial charge in [-0.05, 0) is 17.7 Å². The fourth-order valence-corrected chi connectivity index (χ4v) is 2.20. The predicted molar refractivity (Wildman–Crippen MR) is 95.4 cm³/mol. The summed E-state index contributed by atoms with van der Waals surface area (Å²) in [5.74, 6) is -1.22. The third-order valence-corrected chi connectivity index (χ3v) is 3.54. The molecule has 2 aromatic carbocycles. The quantitative estimate of drug-likeness (QED) is 0.583. The molecule has 0 aliphatic carbocycles. The van der Waals surface area contributed by atoms with E-state index in [1.54, 1.807) is 54.6 Å². The lowest BCUT2D eigenvalue weighted by Crippen LogP contribution is -2.21. The number of hydrogen-bond acceptors (Lipinski definition) is 5. The molecule has 1 N–H and O–H groups in total. The molecule has 6 nitrogen and oxygen atoms in total. The molecule has 0 spiro atoms. The van der Waals surface area contributed by atoms with Crippen LogP contribution in [0.2, 0.25) is 0 Å². The van der Waals surface area contributed by atoms with E-state index in [9.17, 15) is 14.4 Å². The van der Waals surface area contributed by atoms with Crippen molar-refractivity contribution >= 4 is 23.3 Å². The van der Waals surface area contributed by atoms with E-state index >= 15 is 0 Å². The van der Waals surface area contributed by atoms with Gasteiger partial charge in [-0.15, -0.1) is 0 Å². The van der Waals surface area contributed by atoms with Crippen LogP contribution in [-0.4, -0.2) is 24.3 Å². The zero-order valence-electron chi connectivity index (χ0n) is 14.1. The topological polar surface area (TPSA) is 96.3 Å². The van der Waals surface area contributed by atoms with Crippen LogP contribution < -0.4 is 5.32 Å². The van der Waals surface area contributed by atoms with Gasteiger partial charge in [-0.2, -0.15) is 5.26 Å². The third kappa shape index (κ3) is 6.21. The number of carbonyl (C=O) groups is 3. The first-order chi connectivity index (χ1) is 12.6. The van der Waals surface area contributed by atoms with Gasteiger partial charge in [0.1, 0.15) is 0 Å². The number of ketones is 1. The van der Waals surface area contributed by atoms with Crippen molar-refractivity contribution in [1.29, 1.82) is 5.26 Å². The average molecular weight is 350 g/mol. The number of rotatable bonds is 8. The molecule has 0 radical (unpaired) electrons. The summed E-state index contributed by atoms with van der Waals surface area (Å²) in [4.78, 5) is 35.3. The molecule has 0 aliphatic heterocycles. The maximum atomic E-state index is 11.9. The van der Waals surface area contributed by atoms with Crippen LogP contribution in [0.25, 0.3) is 0 Å². The molecule has 6 heteroatoms. The minimum Gasteiger partial charge on any atom is -0.456 e. The first kappa shape index (κ1) is 18.9. The van der Waals surface area contributed by atoms with E-state index in [0.717, 1.165) is 5.56 Å². The molecule has 0 atom stereocenters. The Morgan fingerprint density at radius 1 is 0.962 bits per heavy atom. The number of anilines is 1. The number of esters is 1. The van der Waals surface area contributed by atoms with Crippen molar-refractivity contribution < 1.29 is 19.1 Å². The summed E-state index contributed by atoms with van der Waals surface area (Å²) in [7, 11) is 0. The largest absolute Gasteiger partial charge is 0.456 e. The number of nitriles is 1. The highest BCUT2D eigenvalue weighted by Gasteiger charge is 2.12. The SMILES string of the molecule is N#CCc1ccc(NC(=O)COC(=O)CCC(=O)c2ccccc2)cc1. The summed E-state index contributed by atoms with van der Waals surface area (Å²) in [6.45, 7) is -0.418. The fourth-order valence-electron chi connectivity index (χ4n) is 2.20. The first-order valence-electron chi connectivity index (χ1n) is 8.08. The van der Waals surface area contributed by atoms with Crippen LogP contribution in [0.1, 0.15) is 28.8 Å². The smallest absolute Gasteiger partial charge is 0.306 e. The van der Waals surface area contributed by atoms with Gasteiger partial charge in [-0.25, -0.2) is 0 Å². The second kappa shape index (κ2) is 9.74. The molecule has 0 aromatic heterocycles. The van der Waals surface area contributed by atoms with Crippen LogP contribution in [0.15, 0.2) is 54.6 Å². The van der Waals surface area contributed by atoms with Gasteiger partial charge in [0.05, 0.1) is 18.9 Å². The molecule has 0 bridgehead atoms. The number of hydrogen-bond donors (Lipinski definition) is 1. The lowest BCUT2D eigenvalue weighted by molar-refractivity contribution is -0.147. The zero-order chi connectivity index (χ0) is 18.8. The molecule has 26 heavy (non-hydrogen) atoms. The summed E-state index contributed by atoms with van der Waals surface area (Å²) < 4.78 is 4.88. The summed E-state index contributed by atoms with van der Waals surface area (Å²) in [5, 5.41) is 11.2. The zero-order valence-corrected chi connectivity index (χ0v) is 14.1. The maximum absolute atomic E-state index is 11.9. The van der Waals surface area contributed by atoms with E-state index in [4.69, 9.17) is 10.00 Å². The molecular weight excluding hydrogens is 332 g/mol. The van der Waals surface area contributed by atoms with E-state index in [1.165, 1.54) is 0 Å². The van der Waals surface area contributed by atoms with Crippen molar-refractivity contribution in [3.05, 3.63) is 65.7 Å². The van der Waals surface area contributed by atoms with Crippen LogP contribution >= 0.6 is 0 Å². The van der Waals surface area contributed by atoms with Gasteiger partial charge in [0, 0.05) is 17.7 Å². The molecule has 0 heterocycles. The Morgan fingerprint density at radius 3 is 2.31 bits per heavy atom. The van der Waals surface area contributed by atoms with Gasteiger partial charge in [0.25, 0.3) is 5.91 Å². The number of nitrogens with zero attached hydrogens (tertiary/aromatic N) is 1. The molecule has 0 saturated carbocycles. The highest BCUT2D eigenvalue weighted by atomic mass is 16.5. The number of amides is 1. The number of Topliss-reactive ketones (excluding diaryl/α,β-unsaturated/α-hetero) is 1.